The van der Waals surface area contributed by atoms with Crippen LogP contribution in [-0.2, 0) is 0 Å². The molecule has 1 amide bonds. The van der Waals surface area contributed by atoms with Gasteiger partial charge in [0, 0.05) is 37.8 Å². The molecule has 2 aromatic rings. The number of hydrogen-bond donors (Lipinski definition) is 2. The second kappa shape index (κ2) is 7.74. The second-order valence-corrected chi connectivity index (χ2v) is 7.71. The van der Waals surface area contributed by atoms with Gasteiger partial charge in [0.05, 0.1) is 11.9 Å². The molecule has 0 spiro atoms. The fourth-order valence-electron chi connectivity index (χ4n) is 4.42. The maximum Gasteiger partial charge on any atom is 0.274 e. The van der Waals surface area contributed by atoms with Crippen LogP contribution in [0.3, 0.4) is 0 Å². The number of likely N-dealkylation sites (tertiary alicyclic amines) is 1. The molecule has 1 aromatic carbocycles. The van der Waals surface area contributed by atoms with E-state index in [0.717, 1.165) is 38.2 Å². The van der Waals surface area contributed by atoms with E-state index in [-0.39, 0.29) is 5.91 Å². The van der Waals surface area contributed by atoms with E-state index >= 15 is 0 Å². The topological polar surface area (TPSA) is 70.2 Å². The lowest BCUT2D eigenvalue weighted by Gasteiger charge is -2.37. The molecule has 3 unspecified atom stereocenters. The number of carbonyl (C=O) groups excluding carboxylic acids is 1. The van der Waals surface area contributed by atoms with Crippen molar-refractivity contribution in [3.8, 4) is 0 Å². The average molecular weight is 365 g/mol. The Labute approximate surface area is 160 Å². The fraction of sp³-hybridized carbons (Fsp3) is 0.476. The molecule has 6 nitrogen and oxygen atoms in total. The molecular weight excluding hydrogens is 338 g/mol. The minimum atomic E-state index is -0.00871. The maximum atomic E-state index is 12.9. The van der Waals surface area contributed by atoms with Crippen molar-refractivity contribution in [3.05, 3.63) is 59.2 Å². The van der Waals surface area contributed by atoms with Crippen LogP contribution in [0.1, 0.15) is 46.1 Å². The molecule has 142 valence electrons. The molecule has 3 atom stereocenters. The van der Waals surface area contributed by atoms with Gasteiger partial charge in [0.1, 0.15) is 5.69 Å². The second-order valence-electron chi connectivity index (χ2n) is 7.71. The quantitative estimate of drug-likeness (QED) is 0.873. The Balaban J connectivity index is 1.50. The van der Waals surface area contributed by atoms with Crippen LogP contribution in [0.15, 0.2) is 36.7 Å². The van der Waals surface area contributed by atoms with E-state index in [2.05, 4.69) is 52.0 Å². The van der Waals surface area contributed by atoms with Crippen LogP contribution < -0.4 is 10.9 Å². The van der Waals surface area contributed by atoms with Crippen LogP contribution in [0.5, 0.6) is 0 Å². The van der Waals surface area contributed by atoms with Crippen molar-refractivity contribution in [2.75, 3.05) is 19.6 Å². The third-order valence-corrected chi connectivity index (χ3v) is 5.87. The normalized spacial score (nSPS) is 25.6. The highest BCUT2D eigenvalue weighted by molar-refractivity contribution is 5.92. The zero-order valence-corrected chi connectivity index (χ0v) is 16.0. The third-order valence-electron chi connectivity index (χ3n) is 5.87. The van der Waals surface area contributed by atoms with E-state index in [9.17, 15) is 4.79 Å². The zero-order chi connectivity index (χ0) is 18.8. The highest BCUT2D eigenvalue weighted by atomic mass is 16.2. The first-order valence-corrected chi connectivity index (χ1v) is 9.75. The van der Waals surface area contributed by atoms with Gasteiger partial charge in [0.2, 0.25) is 0 Å². The Bertz CT molecular complexity index is 806. The molecule has 1 aromatic heterocycles. The Morgan fingerprint density at radius 1 is 1.19 bits per heavy atom. The summed E-state index contributed by atoms with van der Waals surface area (Å²) in [5.41, 5.74) is 10.8. The predicted octanol–water partition coefficient (Wildman–Crippen LogP) is 2.21. The third kappa shape index (κ3) is 3.73. The van der Waals surface area contributed by atoms with Gasteiger partial charge in [0.15, 0.2) is 0 Å². The number of rotatable bonds is 3. The molecule has 3 heterocycles. The fourth-order valence-corrected chi connectivity index (χ4v) is 4.42. The number of aromatic nitrogens is 2. The Kier molecular flexibility index (Phi) is 5.18. The largest absolute Gasteiger partial charge is 0.337 e. The number of benzene rings is 1. The average Bonchev–Trinajstić information content (AvgIpc) is 3.18. The van der Waals surface area contributed by atoms with Crippen molar-refractivity contribution in [3.63, 3.8) is 0 Å². The van der Waals surface area contributed by atoms with Crippen LogP contribution in [-0.4, -0.2) is 46.5 Å². The Hall–Kier alpha value is -2.31. The Morgan fingerprint density at radius 2 is 2.04 bits per heavy atom. The van der Waals surface area contributed by atoms with Crippen molar-refractivity contribution in [2.45, 2.75) is 38.6 Å². The summed E-state index contributed by atoms with van der Waals surface area (Å²) in [4.78, 5) is 23.3. The van der Waals surface area contributed by atoms with Gasteiger partial charge in [-0.05, 0) is 43.7 Å². The molecule has 0 aliphatic carbocycles. The molecule has 4 rings (SSSR count). The summed E-state index contributed by atoms with van der Waals surface area (Å²) in [5.74, 6) is 0.830. The summed E-state index contributed by atoms with van der Waals surface area (Å²) in [5, 5.41) is 0. The van der Waals surface area contributed by atoms with E-state index in [1.807, 2.05) is 11.8 Å². The number of piperidine rings is 1. The highest BCUT2D eigenvalue weighted by Crippen LogP contribution is 2.33. The molecule has 2 aliphatic rings. The molecular formula is C21H27N5O. The van der Waals surface area contributed by atoms with Gasteiger partial charge in [0.25, 0.3) is 5.91 Å². The lowest BCUT2D eigenvalue weighted by atomic mass is 9.80. The lowest BCUT2D eigenvalue weighted by Crippen LogP contribution is -2.48. The van der Waals surface area contributed by atoms with Gasteiger partial charge in [-0.2, -0.15) is 0 Å². The molecule has 0 bridgehead atoms. The Morgan fingerprint density at radius 3 is 2.81 bits per heavy atom. The van der Waals surface area contributed by atoms with E-state index in [1.54, 1.807) is 12.4 Å². The van der Waals surface area contributed by atoms with Crippen molar-refractivity contribution in [1.82, 2.24) is 25.7 Å². The molecule has 2 saturated heterocycles. The van der Waals surface area contributed by atoms with Crippen LogP contribution in [0.4, 0.5) is 0 Å². The first-order valence-electron chi connectivity index (χ1n) is 9.75. The van der Waals surface area contributed by atoms with Crippen molar-refractivity contribution >= 4 is 5.91 Å². The van der Waals surface area contributed by atoms with Gasteiger partial charge in [-0.1, -0.05) is 24.3 Å². The van der Waals surface area contributed by atoms with Gasteiger partial charge in [-0.15, -0.1) is 0 Å². The molecule has 6 heteroatoms. The molecule has 2 N–H and O–H groups in total. The molecule has 2 fully saturated rings. The molecule has 0 saturated carbocycles. The van der Waals surface area contributed by atoms with Crippen LogP contribution in [0.25, 0.3) is 0 Å². The first-order chi connectivity index (χ1) is 13.1. The van der Waals surface area contributed by atoms with Gasteiger partial charge < -0.3 is 4.90 Å². The molecule has 2 aliphatic heterocycles. The minimum absolute atomic E-state index is 0.00871. The molecule has 27 heavy (non-hydrogen) atoms. The minimum Gasteiger partial charge on any atom is -0.337 e. The maximum absolute atomic E-state index is 12.9. The van der Waals surface area contributed by atoms with Crippen molar-refractivity contribution < 1.29 is 4.79 Å². The highest BCUT2D eigenvalue weighted by Gasteiger charge is 2.38. The smallest absolute Gasteiger partial charge is 0.274 e. The predicted molar refractivity (Wildman–Crippen MR) is 104 cm³/mol. The van der Waals surface area contributed by atoms with E-state index in [0.29, 0.717) is 23.6 Å². The number of hydrazine groups is 1. The number of aryl methyl sites for hydroxylation is 2. The van der Waals surface area contributed by atoms with Crippen LogP contribution in [0, 0.1) is 19.8 Å². The monoisotopic (exact) mass is 365 g/mol. The summed E-state index contributed by atoms with van der Waals surface area (Å²) in [6.45, 7) is 6.53. The van der Waals surface area contributed by atoms with Gasteiger partial charge >= 0.3 is 0 Å². The first kappa shape index (κ1) is 18.1. The van der Waals surface area contributed by atoms with Gasteiger partial charge in [-0.3, -0.25) is 20.6 Å². The van der Waals surface area contributed by atoms with E-state index < -0.39 is 0 Å². The summed E-state index contributed by atoms with van der Waals surface area (Å²) in [6.07, 6.45) is 5.40. The van der Waals surface area contributed by atoms with E-state index in [4.69, 9.17) is 0 Å². The SMILES string of the molecule is Cc1cnc(C(=O)N2CCCC(C3NNCC3c3ccccc3C)C2)cn1. The number of hydrogen-bond acceptors (Lipinski definition) is 5. The standard InChI is InChI=1S/C21H27N5O/c1-14-6-3-4-8-17(14)18-11-24-25-20(18)16-7-5-9-26(13-16)21(27)19-12-22-15(2)10-23-19/h3-4,6,8,10,12,16,18,20,24-25H,5,7,9,11,13H2,1-2H3. The number of nitrogens with one attached hydrogen (secondary N) is 2. The van der Waals surface area contributed by atoms with Crippen LogP contribution in [0.2, 0.25) is 0 Å². The zero-order valence-electron chi connectivity index (χ0n) is 16.0. The number of carbonyl (C=O) groups is 1. The lowest BCUT2D eigenvalue weighted by molar-refractivity contribution is 0.0638. The van der Waals surface area contributed by atoms with Crippen molar-refractivity contribution in [2.24, 2.45) is 5.92 Å². The molecule has 0 radical (unpaired) electrons. The van der Waals surface area contributed by atoms with Gasteiger partial charge in [-0.25, -0.2) is 4.98 Å². The summed E-state index contributed by atoms with van der Waals surface area (Å²) >= 11 is 0. The summed E-state index contributed by atoms with van der Waals surface area (Å²) in [7, 11) is 0. The number of nitrogens with zero attached hydrogens (tertiary/aromatic N) is 3. The summed E-state index contributed by atoms with van der Waals surface area (Å²) in [6, 6.07) is 8.94. The van der Waals surface area contributed by atoms with Crippen molar-refractivity contribution in [1.29, 1.82) is 0 Å². The number of amides is 1. The summed E-state index contributed by atoms with van der Waals surface area (Å²) < 4.78 is 0. The van der Waals surface area contributed by atoms with Crippen LogP contribution >= 0.6 is 0 Å². The van der Waals surface area contributed by atoms with E-state index in [1.165, 1.54) is 11.1 Å².